The highest BCUT2D eigenvalue weighted by atomic mass is 32.2. The van der Waals surface area contributed by atoms with Crippen molar-refractivity contribution in [3.05, 3.63) is 35.6 Å². The molecule has 2 saturated heterocycles. The lowest BCUT2D eigenvalue weighted by atomic mass is 9.89. The van der Waals surface area contributed by atoms with E-state index in [2.05, 4.69) is 0 Å². The van der Waals surface area contributed by atoms with Gasteiger partial charge < -0.3 is 9.80 Å². The van der Waals surface area contributed by atoms with E-state index in [1.807, 2.05) is 0 Å². The van der Waals surface area contributed by atoms with Gasteiger partial charge in [-0.25, -0.2) is 21.9 Å². The van der Waals surface area contributed by atoms with E-state index in [9.17, 15) is 17.6 Å². The molecule has 1 aromatic rings. The number of nitrogens with zero attached hydrogens (tertiary/aromatic N) is 3. The van der Waals surface area contributed by atoms with E-state index in [4.69, 9.17) is 0 Å². The lowest BCUT2D eigenvalue weighted by Crippen LogP contribution is -2.42. The maximum absolute atomic E-state index is 13.7. The third-order valence-corrected chi connectivity index (χ3v) is 6.15. The number of hydrogen-bond acceptors (Lipinski definition) is 3. The summed E-state index contributed by atoms with van der Waals surface area (Å²) >= 11 is 0. The minimum absolute atomic E-state index is 0.0228. The summed E-state index contributed by atoms with van der Waals surface area (Å²) in [6, 6.07) is 5.78. The van der Waals surface area contributed by atoms with Crippen molar-refractivity contribution in [2.24, 2.45) is 11.8 Å². The standard InChI is InChI=1S/C16H22FN3O3S/c1-18(2)16(21)20-9-12-8-19(24(3,22)23)10-14(12)15(20)11-5-4-6-13(17)7-11/h4-7,12,14-15H,8-10H2,1-3H3/t12-,14-,15-/m1/s1. The van der Waals surface area contributed by atoms with Gasteiger partial charge in [0.15, 0.2) is 0 Å². The number of carbonyl (C=O) groups is 1. The summed E-state index contributed by atoms with van der Waals surface area (Å²) < 4.78 is 38.9. The molecule has 0 saturated carbocycles. The summed E-state index contributed by atoms with van der Waals surface area (Å²) in [6.45, 7) is 1.25. The number of amides is 2. The Balaban J connectivity index is 1.97. The van der Waals surface area contributed by atoms with Gasteiger partial charge in [-0.3, -0.25) is 0 Å². The van der Waals surface area contributed by atoms with Gasteiger partial charge in [0, 0.05) is 39.6 Å². The molecule has 0 aromatic heterocycles. The molecule has 3 rings (SSSR count). The largest absolute Gasteiger partial charge is 0.331 e. The summed E-state index contributed by atoms with van der Waals surface area (Å²) in [7, 11) is 0.0978. The fraction of sp³-hybridized carbons (Fsp3) is 0.562. The van der Waals surface area contributed by atoms with Crippen LogP contribution in [0.15, 0.2) is 24.3 Å². The van der Waals surface area contributed by atoms with Crippen LogP contribution in [0.4, 0.5) is 9.18 Å². The topological polar surface area (TPSA) is 60.9 Å². The number of fused-ring (bicyclic) bond motifs is 1. The highest BCUT2D eigenvalue weighted by Crippen LogP contribution is 2.45. The van der Waals surface area contributed by atoms with Crippen LogP contribution in [0, 0.1) is 17.7 Å². The molecule has 0 radical (unpaired) electrons. The van der Waals surface area contributed by atoms with Gasteiger partial charge in [0.2, 0.25) is 10.0 Å². The molecule has 2 amide bonds. The van der Waals surface area contributed by atoms with E-state index in [1.54, 1.807) is 31.1 Å². The Labute approximate surface area is 141 Å². The number of likely N-dealkylation sites (tertiary alicyclic amines) is 1. The molecule has 2 aliphatic rings. The van der Waals surface area contributed by atoms with E-state index in [0.29, 0.717) is 25.2 Å². The van der Waals surface area contributed by atoms with Crippen molar-refractivity contribution in [3.63, 3.8) is 0 Å². The quantitative estimate of drug-likeness (QED) is 0.805. The van der Waals surface area contributed by atoms with Gasteiger partial charge in [0.25, 0.3) is 0 Å². The molecule has 132 valence electrons. The molecule has 2 fully saturated rings. The van der Waals surface area contributed by atoms with Crippen molar-refractivity contribution < 1.29 is 17.6 Å². The second-order valence-corrected chi connectivity index (χ2v) is 8.82. The molecule has 0 N–H and O–H groups in total. The zero-order valence-corrected chi connectivity index (χ0v) is 14.8. The smallest absolute Gasteiger partial charge is 0.320 e. The Morgan fingerprint density at radius 2 is 1.96 bits per heavy atom. The fourth-order valence-electron chi connectivity index (χ4n) is 3.85. The summed E-state index contributed by atoms with van der Waals surface area (Å²) in [5.41, 5.74) is 0.716. The fourth-order valence-corrected chi connectivity index (χ4v) is 4.75. The molecular formula is C16H22FN3O3S. The molecular weight excluding hydrogens is 333 g/mol. The van der Waals surface area contributed by atoms with Gasteiger partial charge in [0.05, 0.1) is 12.3 Å². The van der Waals surface area contributed by atoms with E-state index >= 15 is 0 Å². The number of urea groups is 1. The van der Waals surface area contributed by atoms with Gasteiger partial charge in [-0.2, -0.15) is 0 Å². The van der Waals surface area contributed by atoms with Crippen LogP contribution in [0.3, 0.4) is 0 Å². The van der Waals surface area contributed by atoms with Crippen LogP contribution in [-0.2, 0) is 10.0 Å². The Hall–Kier alpha value is -1.67. The minimum Gasteiger partial charge on any atom is -0.331 e. The maximum atomic E-state index is 13.7. The zero-order valence-electron chi connectivity index (χ0n) is 14.0. The molecule has 1 aromatic carbocycles. The highest BCUT2D eigenvalue weighted by molar-refractivity contribution is 7.88. The Morgan fingerprint density at radius 3 is 2.54 bits per heavy atom. The van der Waals surface area contributed by atoms with E-state index < -0.39 is 10.0 Å². The van der Waals surface area contributed by atoms with Crippen molar-refractivity contribution >= 4 is 16.1 Å². The lowest BCUT2D eigenvalue weighted by Gasteiger charge is -2.31. The van der Waals surface area contributed by atoms with Crippen molar-refractivity contribution in [3.8, 4) is 0 Å². The minimum atomic E-state index is -3.27. The van der Waals surface area contributed by atoms with E-state index in [0.717, 1.165) is 0 Å². The second kappa shape index (κ2) is 6.00. The number of hydrogen-bond donors (Lipinski definition) is 0. The second-order valence-electron chi connectivity index (χ2n) is 6.83. The molecule has 2 aliphatic heterocycles. The summed E-state index contributed by atoms with van der Waals surface area (Å²) in [4.78, 5) is 15.8. The SMILES string of the molecule is CN(C)C(=O)N1C[C@H]2CN(S(C)(=O)=O)C[C@H]2[C@H]1c1cccc(F)c1. The number of halogens is 1. The van der Waals surface area contributed by atoms with Gasteiger partial charge in [-0.05, 0) is 23.6 Å². The molecule has 0 spiro atoms. The number of sulfonamides is 1. The van der Waals surface area contributed by atoms with Gasteiger partial charge in [0.1, 0.15) is 5.82 Å². The van der Waals surface area contributed by atoms with Crippen molar-refractivity contribution in [1.82, 2.24) is 14.1 Å². The first kappa shape index (κ1) is 17.2. The monoisotopic (exact) mass is 355 g/mol. The van der Waals surface area contributed by atoms with Crippen LogP contribution < -0.4 is 0 Å². The maximum Gasteiger partial charge on any atom is 0.320 e. The highest BCUT2D eigenvalue weighted by Gasteiger charge is 2.51. The average Bonchev–Trinajstić information content (AvgIpc) is 3.02. The first-order valence-corrected chi connectivity index (χ1v) is 9.72. The van der Waals surface area contributed by atoms with Gasteiger partial charge >= 0.3 is 6.03 Å². The third-order valence-electron chi connectivity index (χ3n) is 4.92. The molecule has 2 heterocycles. The third kappa shape index (κ3) is 3.00. The van der Waals surface area contributed by atoms with Crippen LogP contribution in [0.5, 0.6) is 0 Å². The molecule has 0 bridgehead atoms. The molecule has 3 atom stereocenters. The van der Waals surface area contributed by atoms with Crippen molar-refractivity contribution in [1.29, 1.82) is 0 Å². The van der Waals surface area contributed by atoms with Gasteiger partial charge in [-0.1, -0.05) is 12.1 Å². The lowest BCUT2D eigenvalue weighted by molar-refractivity contribution is 0.157. The number of benzene rings is 1. The normalized spacial score (nSPS) is 27.3. The van der Waals surface area contributed by atoms with E-state index in [1.165, 1.54) is 27.6 Å². The molecule has 6 nitrogen and oxygen atoms in total. The van der Waals surface area contributed by atoms with E-state index in [-0.39, 0.29) is 29.7 Å². The first-order chi connectivity index (χ1) is 11.2. The van der Waals surface area contributed by atoms with Crippen LogP contribution in [0.2, 0.25) is 0 Å². The van der Waals surface area contributed by atoms with Crippen LogP contribution in [0.25, 0.3) is 0 Å². The Bertz CT molecular complexity index is 753. The summed E-state index contributed by atoms with van der Waals surface area (Å²) in [5.74, 6) is -0.312. The zero-order chi connectivity index (χ0) is 17.6. The Morgan fingerprint density at radius 1 is 1.25 bits per heavy atom. The number of rotatable bonds is 2. The van der Waals surface area contributed by atoms with Crippen LogP contribution >= 0.6 is 0 Å². The number of carbonyl (C=O) groups excluding carboxylic acids is 1. The molecule has 0 aliphatic carbocycles. The van der Waals surface area contributed by atoms with Crippen molar-refractivity contribution in [2.75, 3.05) is 40.0 Å². The predicted octanol–water partition coefficient (Wildman–Crippen LogP) is 1.37. The summed E-state index contributed by atoms with van der Waals surface area (Å²) in [6.07, 6.45) is 1.20. The van der Waals surface area contributed by atoms with Crippen molar-refractivity contribution in [2.45, 2.75) is 6.04 Å². The molecule has 8 heteroatoms. The first-order valence-electron chi connectivity index (χ1n) is 7.87. The summed E-state index contributed by atoms with van der Waals surface area (Å²) in [5, 5.41) is 0. The van der Waals surface area contributed by atoms with Crippen LogP contribution in [-0.4, -0.2) is 68.5 Å². The Kier molecular flexibility index (Phi) is 4.29. The van der Waals surface area contributed by atoms with Crippen LogP contribution in [0.1, 0.15) is 11.6 Å². The molecule has 0 unspecified atom stereocenters. The van der Waals surface area contributed by atoms with Gasteiger partial charge in [-0.15, -0.1) is 0 Å². The average molecular weight is 355 g/mol. The predicted molar refractivity (Wildman–Crippen MR) is 88.3 cm³/mol. The molecule has 24 heavy (non-hydrogen) atoms.